The Kier molecular flexibility index (Phi) is 2.50. The summed E-state index contributed by atoms with van der Waals surface area (Å²) in [6.07, 6.45) is 0. The number of H-pyrrole nitrogens is 1. The average Bonchev–Trinajstić information content (AvgIpc) is 2.98. The van der Waals surface area contributed by atoms with Crippen LogP contribution in [0.2, 0.25) is 0 Å². The number of hydrogen-bond acceptors (Lipinski definition) is 3. The highest BCUT2D eigenvalue weighted by atomic mass is 79.9. The second-order valence-electron chi connectivity index (χ2n) is 4.41. The van der Waals surface area contributed by atoms with Gasteiger partial charge in [0, 0.05) is 4.47 Å². The summed E-state index contributed by atoms with van der Waals surface area (Å²) in [4.78, 5) is 8.92. The van der Waals surface area contributed by atoms with E-state index in [2.05, 4.69) is 36.3 Å². The van der Waals surface area contributed by atoms with E-state index < -0.39 is 0 Å². The van der Waals surface area contributed by atoms with Crippen molar-refractivity contribution >= 4 is 44.4 Å². The highest BCUT2D eigenvalue weighted by Crippen LogP contribution is 2.24. The second-order valence-corrected chi connectivity index (χ2v) is 5.27. The largest absolute Gasteiger partial charge is 0.324 e. The summed E-state index contributed by atoms with van der Waals surface area (Å²) in [5.74, 6) is 1.31. The Labute approximate surface area is 122 Å². The fourth-order valence-corrected chi connectivity index (χ4v) is 2.56. The van der Waals surface area contributed by atoms with E-state index in [0.29, 0.717) is 11.7 Å². The molecule has 0 aliphatic carbocycles. The van der Waals surface area contributed by atoms with Crippen LogP contribution in [0.5, 0.6) is 0 Å². The molecule has 0 bridgehead atoms. The standard InChI is InChI=1S/C14H10BrN5/c15-9-5-1-2-6-10(9)16-13-18-14-17-11-7-3-4-8-12(11)20(14)19-13/h1-8H,(H2,16,17,18,19). The molecular formula is C14H10BrN5. The lowest BCUT2D eigenvalue weighted by Gasteiger charge is -2.04. The lowest BCUT2D eigenvalue weighted by molar-refractivity contribution is 1.01. The van der Waals surface area contributed by atoms with Crippen LogP contribution in [0, 0.1) is 0 Å². The van der Waals surface area contributed by atoms with Crippen LogP contribution in [0.25, 0.3) is 16.8 Å². The van der Waals surface area contributed by atoms with Crippen LogP contribution >= 0.6 is 15.9 Å². The molecule has 98 valence electrons. The van der Waals surface area contributed by atoms with Gasteiger partial charge in [-0.25, -0.2) is 9.50 Å². The third-order valence-electron chi connectivity index (χ3n) is 3.10. The summed E-state index contributed by atoms with van der Waals surface area (Å²) in [7, 11) is 0. The van der Waals surface area contributed by atoms with Crippen molar-refractivity contribution in [3.63, 3.8) is 0 Å². The molecule has 4 aromatic rings. The first kappa shape index (κ1) is 11.5. The number of rotatable bonds is 2. The normalized spacial score (nSPS) is 11.2. The molecule has 2 aromatic heterocycles. The van der Waals surface area contributed by atoms with Gasteiger partial charge in [-0.2, -0.15) is 4.98 Å². The number of imidazole rings is 1. The maximum atomic E-state index is 4.47. The lowest BCUT2D eigenvalue weighted by Crippen LogP contribution is -1.94. The number of anilines is 2. The summed E-state index contributed by atoms with van der Waals surface area (Å²) in [5, 5.41) is 6.44. The van der Waals surface area contributed by atoms with Crippen LogP contribution in [-0.4, -0.2) is 19.6 Å². The van der Waals surface area contributed by atoms with Gasteiger partial charge in [0.05, 0.1) is 16.7 Å². The van der Waals surface area contributed by atoms with Crippen LogP contribution < -0.4 is 5.32 Å². The van der Waals surface area contributed by atoms with E-state index in [-0.39, 0.29) is 0 Å². The zero-order valence-corrected chi connectivity index (χ0v) is 11.9. The number of aromatic nitrogens is 4. The molecule has 6 heteroatoms. The Morgan fingerprint density at radius 2 is 1.80 bits per heavy atom. The molecule has 0 aliphatic heterocycles. The number of benzene rings is 2. The van der Waals surface area contributed by atoms with E-state index in [1.54, 1.807) is 0 Å². The van der Waals surface area contributed by atoms with E-state index in [1.807, 2.05) is 53.0 Å². The van der Waals surface area contributed by atoms with Gasteiger partial charge < -0.3 is 5.32 Å². The first-order chi connectivity index (χ1) is 9.81. The van der Waals surface area contributed by atoms with Crippen molar-refractivity contribution in [1.29, 1.82) is 0 Å². The van der Waals surface area contributed by atoms with Gasteiger partial charge in [-0.05, 0) is 40.2 Å². The smallest absolute Gasteiger partial charge is 0.253 e. The fraction of sp³-hybridized carbons (Fsp3) is 0. The third kappa shape index (κ3) is 1.77. The molecule has 4 rings (SSSR count). The van der Waals surface area contributed by atoms with Crippen molar-refractivity contribution in [2.75, 3.05) is 5.32 Å². The first-order valence-electron chi connectivity index (χ1n) is 6.16. The van der Waals surface area contributed by atoms with Crippen molar-refractivity contribution in [1.82, 2.24) is 19.6 Å². The number of hydrogen-bond donors (Lipinski definition) is 2. The van der Waals surface area contributed by atoms with E-state index in [9.17, 15) is 0 Å². The van der Waals surface area contributed by atoms with Gasteiger partial charge in [0.25, 0.3) is 5.78 Å². The van der Waals surface area contributed by atoms with Crippen molar-refractivity contribution in [2.24, 2.45) is 0 Å². The first-order valence-corrected chi connectivity index (χ1v) is 6.95. The van der Waals surface area contributed by atoms with E-state index in [4.69, 9.17) is 0 Å². The molecule has 0 aliphatic rings. The van der Waals surface area contributed by atoms with Gasteiger partial charge in [0.2, 0.25) is 5.95 Å². The summed E-state index contributed by atoms with van der Waals surface area (Å²) in [5.41, 5.74) is 2.89. The Morgan fingerprint density at radius 3 is 2.70 bits per heavy atom. The van der Waals surface area contributed by atoms with Crippen LogP contribution in [0.1, 0.15) is 0 Å². The quantitative estimate of drug-likeness (QED) is 0.590. The topological polar surface area (TPSA) is 58.0 Å². The molecule has 20 heavy (non-hydrogen) atoms. The molecular weight excluding hydrogens is 318 g/mol. The zero-order valence-electron chi connectivity index (χ0n) is 10.3. The van der Waals surface area contributed by atoms with Crippen LogP contribution in [-0.2, 0) is 0 Å². The number of nitrogens with one attached hydrogen (secondary N) is 2. The second kappa shape index (κ2) is 4.35. The minimum atomic E-state index is 0.653. The summed E-state index contributed by atoms with van der Waals surface area (Å²) in [6.45, 7) is 0. The van der Waals surface area contributed by atoms with Crippen molar-refractivity contribution in [2.45, 2.75) is 0 Å². The number of fused-ring (bicyclic) bond motifs is 3. The Morgan fingerprint density at radius 1 is 1.00 bits per heavy atom. The maximum Gasteiger partial charge on any atom is 0.253 e. The SMILES string of the molecule is Brc1ccccc1Nc1nc2nc3ccccc3n2[nH]1. The molecule has 0 atom stereocenters. The van der Waals surface area contributed by atoms with Gasteiger partial charge in [-0.1, -0.05) is 24.3 Å². The van der Waals surface area contributed by atoms with Crippen LogP contribution in [0.3, 0.4) is 0 Å². The Bertz CT molecular complexity index is 908. The minimum Gasteiger partial charge on any atom is -0.324 e. The molecule has 2 N–H and O–H groups in total. The number of aromatic amines is 1. The van der Waals surface area contributed by atoms with E-state index in [0.717, 1.165) is 21.2 Å². The number of halogens is 1. The van der Waals surface area contributed by atoms with E-state index >= 15 is 0 Å². The maximum absolute atomic E-state index is 4.47. The molecule has 0 saturated carbocycles. The summed E-state index contributed by atoms with van der Waals surface area (Å²) < 4.78 is 2.85. The minimum absolute atomic E-state index is 0.653. The molecule has 2 heterocycles. The van der Waals surface area contributed by atoms with Crippen molar-refractivity contribution < 1.29 is 0 Å². The lowest BCUT2D eigenvalue weighted by atomic mass is 10.3. The molecule has 0 fully saturated rings. The molecule has 0 amide bonds. The van der Waals surface area contributed by atoms with Gasteiger partial charge in [0.15, 0.2) is 0 Å². The number of nitrogens with zero attached hydrogens (tertiary/aromatic N) is 3. The summed E-state index contributed by atoms with van der Waals surface area (Å²) >= 11 is 3.50. The average molecular weight is 328 g/mol. The van der Waals surface area contributed by atoms with Gasteiger partial charge in [0.1, 0.15) is 0 Å². The number of para-hydroxylation sites is 3. The van der Waals surface area contributed by atoms with Crippen molar-refractivity contribution in [3.05, 3.63) is 53.0 Å². The predicted octanol–water partition coefficient (Wildman–Crippen LogP) is 3.72. The molecule has 2 aromatic carbocycles. The molecule has 5 nitrogen and oxygen atoms in total. The van der Waals surface area contributed by atoms with Crippen LogP contribution in [0.4, 0.5) is 11.6 Å². The van der Waals surface area contributed by atoms with Gasteiger partial charge in [-0.3, -0.25) is 5.10 Å². The Balaban J connectivity index is 1.80. The molecule has 0 unspecified atom stereocenters. The molecule has 0 radical (unpaired) electrons. The third-order valence-corrected chi connectivity index (χ3v) is 3.79. The van der Waals surface area contributed by atoms with E-state index in [1.165, 1.54) is 0 Å². The van der Waals surface area contributed by atoms with Crippen molar-refractivity contribution in [3.8, 4) is 0 Å². The highest BCUT2D eigenvalue weighted by Gasteiger charge is 2.09. The van der Waals surface area contributed by atoms with Gasteiger partial charge in [-0.15, -0.1) is 0 Å². The monoisotopic (exact) mass is 327 g/mol. The predicted molar refractivity (Wildman–Crippen MR) is 82.3 cm³/mol. The van der Waals surface area contributed by atoms with Gasteiger partial charge >= 0.3 is 0 Å². The fourth-order valence-electron chi connectivity index (χ4n) is 2.18. The molecule has 0 spiro atoms. The highest BCUT2D eigenvalue weighted by molar-refractivity contribution is 9.10. The Hall–Kier alpha value is -2.34. The molecule has 0 saturated heterocycles. The van der Waals surface area contributed by atoms with Crippen LogP contribution in [0.15, 0.2) is 53.0 Å². The zero-order chi connectivity index (χ0) is 13.5. The summed E-state index contributed by atoms with van der Waals surface area (Å²) in [6, 6.07) is 15.8.